The van der Waals surface area contributed by atoms with Crippen LogP contribution >= 0.6 is 0 Å². The molecule has 44 heavy (non-hydrogen) atoms. The van der Waals surface area contributed by atoms with Gasteiger partial charge in [-0.2, -0.15) is 0 Å². The van der Waals surface area contributed by atoms with Gasteiger partial charge in [0.2, 0.25) is 5.91 Å². The summed E-state index contributed by atoms with van der Waals surface area (Å²) in [7, 11) is 3.98. The quantitative estimate of drug-likeness (QED) is 0.195. The van der Waals surface area contributed by atoms with Gasteiger partial charge in [-0.3, -0.25) is 4.79 Å². The van der Waals surface area contributed by atoms with E-state index < -0.39 is 6.04 Å². The third-order valence-electron chi connectivity index (χ3n) is 8.40. The van der Waals surface area contributed by atoms with E-state index in [0.29, 0.717) is 37.7 Å². The number of H-pyrrole nitrogens is 1. The highest BCUT2D eigenvalue weighted by atomic mass is 19.1. The van der Waals surface area contributed by atoms with E-state index >= 15 is 0 Å². The second-order valence-electron chi connectivity index (χ2n) is 11.8. The molecule has 0 aliphatic carbocycles. The molecule has 2 heterocycles. The zero-order valence-electron chi connectivity index (χ0n) is 25.9. The molecule has 3 amide bonds. The van der Waals surface area contributed by atoms with Crippen molar-refractivity contribution in [1.29, 1.82) is 0 Å². The van der Waals surface area contributed by atoms with Gasteiger partial charge in [-0.05, 0) is 86.8 Å². The highest BCUT2D eigenvalue weighted by molar-refractivity contribution is 5.99. The minimum atomic E-state index is -0.858. The van der Waals surface area contributed by atoms with E-state index in [4.69, 9.17) is 4.74 Å². The number of likely N-dealkylation sites (tertiary alicyclic amines) is 1. The first-order chi connectivity index (χ1) is 21.2. The lowest BCUT2D eigenvalue weighted by molar-refractivity contribution is -0.118. The monoisotopic (exact) mass is 599 g/mol. The number of amides is 3. The molecule has 2 unspecified atom stereocenters. The number of nitrogens with one attached hydrogen (secondary N) is 3. The van der Waals surface area contributed by atoms with Crippen LogP contribution in [0.3, 0.4) is 0 Å². The average Bonchev–Trinajstić information content (AvgIpc) is 3.45. The number of ether oxygens (including phenoxy) is 1. The lowest BCUT2D eigenvalue weighted by Gasteiger charge is -2.34. The van der Waals surface area contributed by atoms with Gasteiger partial charge < -0.3 is 30.2 Å². The number of halogens is 1. The number of nitrogens with zero attached hydrogens (tertiary/aromatic N) is 2. The lowest BCUT2D eigenvalue weighted by Crippen LogP contribution is -2.53. The molecule has 1 aliphatic heterocycles. The number of carbonyl (C=O) groups excluding carboxylic acids is 2. The van der Waals surface area contributed by atoms with Crippen molar-refractivity contribution in [3.05, 3.63) is 95.4 Å². The molecule has 232 valence electrons. The van der Waals surface area contributed by atoms with Gasteiger partial charge in [-0.15, -0.1) is 0 Å². The van der Waals surface area contributed by atoms with Crippen molar-refractivity contribution in [2.24, 2.45) is 0 Å². The number of rotatable bonds is 10. The molecule has 1 aliphatic rings. The van der Waals surface area contributed by atoms with E-state index in [1.165, 1.54) is 12.1 Å². The lowest BCUT2D eigenvalue weighted by atomic mass is 9.89. The topological polar surface area (TPSA) is 89.7 Å². The van der Waals surface area contributed by atoms with Gasteiger partial charge in [0, 0.05) is 42.7 Å². The maximum Gasteiger partial charge on any atom is 0.318 e. The fourth-order valence-corrected chi connectivity index (χ4v) is 6.07. The van der Waals surface area contributed by atoms with Crippen LogP contribution in [0, 0.1) is 5.82 Å². The Morgan fingerprint density at radius 2 is 1.80 bits per heavy atom. The molecule has 5 rings (SSSR count). The summed E-state index contributed by atoms with van der Waals surface area (Å²) < 4.78 is 19.3. The van der Waals surface area contributed by atoms with E-state index in [2.05, 4.69) is 20.5 Å². The van der Waals surface area contributed by atoms with E-state index in [1.807, 2.05) is 88.7 Å². The van der Waals surface area contributed by atoms with E-state index in [0.717, 1.165) is 40.4 Å². The number of fused-ring (bicyclic) bond motifs is 1. The van der Waals surface area contributed by atoms with Gasteiger partial charge in [-0.25, -0.2) is 9.18 Å². The molecule has 1 saturated heterocycles. The normalized spacial score (nSPS) is 15.3. The molecular weight excluding hydrogens is 557 g/mol. The largest absolute Gasteiger partial charge is 0.492 e. The maximum atomic E-state index is 14.1. The first kappa shape index (κ1) is 31.1. The number of aromatic nitrogens is 1. The summed E-state index contributed by atoms with van der Waals surface area (Å²) in [4.78, 5) is 34.9. The third-order valence-corrected chi connectivity index (χ3v) is 8.40. The molecule has 0 saturated carbocycles. The summed E-state index contributed by atoms with van der Waals surface area (Å²) in [5.41, 5.74) is 4.60. The SMILES string of the molecule is CCOc1ccc(CN(C)C)cc1NC(=O)C(NC(=O)N1CCC(c2ccc(F)cc2)CC1)C(C)c1c[nH]c2ccccc12. The van der Waals surface area contributed by atoms with Gasteiger partial charge in [0.1, 0.15) is 17.6 Å². The minimum Gasteiger partial charge on any atom is -0.492 e. The molecule has 4 aromatic rings. The summed E-state index contributed by atoms with van der Waals surface area (Å²) in [5.74, 6) is -0.0731. The van der Waals surface area contributed by atoms with Crippen LogP contribution in [-0.2, 0) is 11.3 Å². The van der Waals surface area contributed by atoms with E-state index in [-0.39, 0.29) is 29.6 Å². The van der Waals surface area contributed by atoms with Crippen molar-refractivity contribution < 1.29 is 18.7 Å². The van der Waals surface area contributed by atoms with E-state index in [9.17, 15) is 14.0 Å². The third kappa shape index (κ3) is 7.22. The summed E-state index contributed by atoms with van der Waals surface area (Å²) >= 11 is 0. The molecule has 0 spiro atoms. The van der Waals surface area contributed by atoms with Crippen LogP contribution in [0.2, 0.25) is 0 Å². The van der Waals surface area contributed by atoms with Crippen molar-refractivity contribution in [1.82, 2.24) is 20.1 Å². The predicted octanol–water partition coefficient (Wildman–Crippen LogP) is 6.47. The molecule has 2 atom stereocenters. The second kappa shape index (κ2) is 13.9. The summed E-state index contributed by atoms with van der Waals surface area (Å²) in [6.45, 7) is 6.12. The number of hydrogen-bond acceptors (Lipinski definition) is 4. The van der Waals surface area contributed by atoms with Crippen molar-refractivity contribution >= 4 is 28.5 Å². The number of para-hydroxylation sites is 1. The molecule has 3 N–H and O–H groups in total. The molecule has 0 radical (unpaired) electrons. The van der Waals surface area contributed by atoms with Gasteiger partial charge in [0.15, 0.2) is 0 Å². The van der Waals surface area contributed by atoms with Crippen LogP contribution in [0.4, 0.5) is 14.9 Å². The standard InChI is InChI=1S/C35H42FN5O3/c1-5-44-32-15-10-24(22-40(3)4)20-31(32)38-34(42)33(23(2)29-21-37-30-9-7-6-8-28(29)30)39-35(43)41-18-16-26(17-19-41)25-11-13-27(36)14-12-25/h6-15,20-21,23,26,33,37H,5,16-19,22H2,1-4H3,(H,38,42)(H,39,43). The zero-order chi connectivity index (χ0) is 31.2. The van der Waals surface area contributed by atoms with Crippen molar-refractivity contribution in [3.8, 4) is 5.75 Å². The Bertz CT molecular complexity index is 1580. The average molecular weight is 600 g/mol. The molecule has 1 fully saturated rings. The number of hydrogen-bond donors (Lipinski definition) is 3. The van der Waals surface area contributed by atoms with Crippen molar-refractivity contribution in [2.45, 2.75) is 51.1 Å². The number of benzene rings is 3. The number of piperidine rings is 1. The highest BCUT2D eigenvalue weighted by Crippen LogP contribution is 2.32. The zero-order valence-corrected chi connectivity index (χ0v) is 25.9. The Labute approximate surface area is 258 Å². The smallest absolute Gasteiger partial charge is 0.318 e. The summed E-state index contributed by atoms with van der Waals surface area (Å²) in [6, 6.07) is 19.2. The van der Waals surface area contributed by atoms with Crippen LogP contribution in [0.1, 0.15) is 55.2 Å². The molecule has 3 aromatic carbocycles. The van der Waals surface area contributed by atoms with Crippen LogP contribution < -0.4 is 15.4 Å². The highest BCUT2D eigenvalue weighted by Gasteiger charge is 2.33. The Morgan fingerprint density at radius 3 is 2.50 bits per heavy atom. The Kier molecular flexibility index (Phi) is 9.85. The van der Waals surface area contributed by atoms with Crippen molar-refractivity contribution in [3.63, 3.8) is 0 Å². The van der Waals surface area contributed by atoms with Crippen molar-refractivity contribution in [2.75, 3.05) is 39.1 Å². The summed E-state index contributed by atoms with van der Waals surface area (Å²) in [6.07, 6.45) is 3.45. The van der Waals surface area contributed by atoms with E-state index in [1.54, 1.807) is 4.90 Å². The Balaban J connectivity index is 1.37. The summed E-state index contributed by atoms with van der Waals surface area (Å²) in [5, 5.41) is 7.18. The van der Waals surface area contributed by atoms with Gasteiger partial charge in [-0.1, -0.05) is 43.3 Å². The van der Waals surface area contributed by atoms with Crippen LogP contribution in [0.15, 0.2) is 72.9 Å². The first-order valence-electron chi connectivity index (χ1n) is 15.3. The Hall–Kier alpha value is -4.37. The first-order valence-corrected chi connectivity index (χ1v) is 15.3. The molecular formula is C35H42FN5O3. The van der Waals surface area contributed by atoms with Gasteiger partial charge in [0.05, 0.1) is 12.3 Å². The fourth-order valence-electron chi connectivity index (χ4n) is 6.07. The van der Waals surface area contributed by atoms with Crippen LogP contribution in [0.25, 0.3) is 10.9 Å². The number of anilines is 1. The second-order valence-corrected chi connectivity index (χ2v) is 11.8. The van der Waals surface area contributed by atoms with Gasteiger partial charge in [0.25, 0.3) is 0 Å². The number of carbonyl (C=O) groups is 2. The fraction of sp³-hybridized carbons (Fsp3) is 0.371. The van der Waals surface area contributed by atoms with Crippen LogP contribution in [-0.4, -0.2) is 66.6 Å². The minimum absolute atomic E-state index is 0.253. The Morgan fingerprint density at radius 1 is 1.07 bits per heavy atom. The molecule has 1 aromatic heterocycles. The molecule has 0 bridgehead atoms. The molecule has 9 heteroatoms. The van der Waals surface area contributed by atoms with Gasteiger partial charge >= 0.3 is 6.03 Å². The maximum absolute atomic E-state index is 14.1. The number of urea groups is 1. The van der Waals surface area contributed by atoms with Crippen LogP contribution in [0.5, 0.6) is 5.75 Å². The number of aromatic amines is 1. The molecule has 8 nitrogen and oxygen atoms in total. The predicted molar refractivity (Wildman–Crippen MR) is 173 cm³/mol.